The number of benzene rings is 2. The molecule has 6 nitrogen and oxygen atoms in total. The Morgan fingerprint density at radius 1 is 1.10 bits per heavy atom. The fourth-order valence-corrected chi connectivity index (χ4v) is 4.64. The van der Waals surface area contributed by atoms with Crippen molar-refractivity contribution < 1.29 is 22.0 Å². The second-order valence-electron chi connectivity index (χ2n) is 6.17. The normalized spacial score (nSPS) is 11.4. The van der Waals surface area contributed by atoms with Crippen LogP contribution in [-0.2, 0) is 9.84 Å². The van der Waals surface area contributed by atoms with Gasteiger partial charge in [-0.25, -0.2) is 12.8 Å². The van der Waals surface area contributed by atoms with Gasteiger partial charge in [0.1, 0.15) is 11.6 Å². The van der Waals surface area contributed by atoms with Gasteiger partial charge in [0, 0.05) is 5.69 Å². The van der Waals surface area contributed by atoms with Gasteiger partial charge in [-0.15, -0.1) is 11.3 Å². The number of oxazole rings is 1. The Morgan fingerprint density at radius 3 is 2.47 bits per heavy atom. The van der Waals surface area contributed by atoms with Crippen LogP contribution in [0.4, 0.5) is 16.0 Å². The van der Waals surface area contributed by atoms with Crippen molar-refractivity contribution in [2.45, 2.75) is 16.8 Å². The average molecular weight is 445 g/mol. The monoisotopic (exact) mass is 444 g/mol. The van der Waals surface area contributed by atoms with Crippen molar-refractivity contribution in [1.82, 2.24) is 4.98 Å². The molecule has 2 heterocycles. The first-order valence-electron chi connectivity index (χ1n) is 9.02. The summed E-state index contributed by atoms with van der Waals surface area (Å²) in [4.78, 5) is 4.85. The molecule has 0 atom stereocenters. The highest BCUT2D eigenvalue weighted by atomic mass is 32.2. The van der Waals surface area contributed by atoms with Crippen molar-refractivity contribution in [3.05, 3.63) is 71.9 Å². The van der Waals surface area contributed by atoms with Crippen LogP contribution in [0.2, 0.25) is 0 Å². The Morgan fingerprint density at radius 2 is 1.83 bits per heavy atom. The average Bonchev–Trinajstić information content (AvgIpc) is 3.40. The first kappa shape index (κ1) is 20.1. The number of rotatable bonds is 7. The van der Waals surface area contributed by atoms with E-state index in [1.165, 1.54) is 23.5 Å². The third kappa shape index (κ3) is 4.07. The zero-order valence-electron chi connectivity index (χ0n) is 15.8. The molecule has 1 N–H and O–H groups in total. The zero-order valence-corrected chi connectivity index (χ0v) is 17.5. The maximum Gasteiger partial charge on any atom is 0.240 e. The number of sulfone groups is 1. The molecule has 4 aromatic rings. The van der Waals surface area contributed by atoms with E-state index in [4.69, 9.17) is 9.15 Å². The van der Waals surface area contributed by atoms with Crippen molar-refractivity contribution in [2.75, 3.05) is 11.9 Å². The molecule has 4 rings (SSSR count). The van der Waals surface area contributed by atoms with E-state index in [2.05, 4.69) is 10.3 Å². The Balaban J connectivity index is 1.76. The van der Waals surface area contributed by atoms with Crippen LogP contribution in [0.5, 0.6) is 5.75 Å². The van der Waals surface area contributed by atoms with Crippen molar-refractivity contribution in [1.29, 1.82) is 0 Å². The third-order valence-electron chi connectivity index (χ3n) is 4.13. The van der Waals surface area contributed by atoms with Gasteiger partial charge in [0.15, 0.2) is 0 Å². The molecule has 0 unspecified atom stereocenters. The Hall–Kier alpha value is -3.17. The summed E-state index contributed by atoms with van der Waals surface area (Å²) in [7, 11) is -4.05. The summed E-state index contributed by atoms with van der Waals surface area (Å²) in [5.74, 6) is 0.325. The molecule has 0 radical (unpaired) electrons. The molecule has 0 aliphatic rings. The lowest BCUT2D eigenvalue weighted by molar-refractivity contribution is 0.340. The largest absolute Gasteiger partial charge is 0.494 e. The van der Waals surface area contributed by atoms with E-state index in [1.54, 1.807) is 30.3 Å². The quantitative estimate of drug-likeness (QED) is 0.378. The fraction of sp³-hybridized carbons (Fsp3) is 0.0952. The van der Waals surface area contributed by atoms with Crippen LogP contribution in [0, 0.1) is 5.82 Å². The minimum atomic E-state index is -4.05. The highest BCUT2D eigenvalue weighted by molar-refractivity contribution is 7.91. The molecule has 30 heavy (non-hydrogen) atoms. The second-order valence-corrected chi connectivity index (χ2v) is 8.98. The lowest BCUT2D eigenvalue weighted by Crippen LogP contribution is -2.05. The van der Waals surface area contributed by atoms with E-state index in [9.17, 15) is 12.8 Å². The second kappa shape index (κ2) is 8.29. The molecular formula is C21H17FN2O4S2. The molecule has 0 saturated heterocycles. The van der Waals surface area contributed by atoms with E-state index in [1.807, 2.05) is 18.4 Å². The minimum Gasteiger partial charge on any atom is -0.494 e. The highest BCUT2D eigenvalue weighted by Crippen LogP contribution is 2.35. The van der Waals surface area contributed by atoms with Crippen LogP contribution < -0.4 is 10.1 Å². The first-order chi connectivity index (χ1) is 14.5. The molecule has 9 heteroatoms. The number of halogens is 1. The van der Waals surface area contributed by atoms with Gasteiger partial charge in [0.05, 0.1) is 16.4 Å². The Labute approximate surface area is 176 Å². The topological polar surface area (TPSA) is 81.4 Å². The Kier molecular flexibility index (Phi) is 5.56. The van der Waals surface area contributed by atoms with Crippen LogP contribution in [0.15, 0.2) is 80.4 Å². The van der Waals surface area contributed by atoms with Gasteiger partial charge in [-0.1, -0.05) is 6.07 Å². The number of anilines is 2. The molecular weight excluding hydrogens is 427 g/mol. The van der Waals surface area contributed by atoms with Crippen molar-refractivity contribution >= 4 is 32.7 Å². The first-order valence-corrected chi connectivity index (χ1v) is 11.4. The van der Waals surface area contributed by atoms with Crippen molar-refractivity contribution in [3.8, 4) is 16.5 Å². The molecule has 0 saturated carbocycles. The molecule has 0 fully saturated rings. The van der Waals surface area contributed by atoms with Gasteiger partial charge < -0.3 is 14.5 Å². The maximum atomic E-state index is 13.3. The number of hydrogen-bond donors (Lipinski definition) is 1. The lowest BCUT2D eigenvalue weighted by atomic mass is 10.3. The number of hydrogen-bond acceptors (Lipinski definition) is 7. The molecule has 0 spiro atoms. The van der Waals surface area contributed by atoms with Crippen LogP contribution >= 0.6 is 11.3 Å². The number of nitrogens with zero attached hydrogens (tertiary/aromatic N) is 1. The van der Waals surface area contributed by atoms with Gasteiger partial charge in [-0.3, -0.25) is 0 Å². The summed E-state index contributed by atoms with van der Waals surface area (Å²) >= 11 is 1.38. The standard InChI is InChI=1S/C21H17FN2O4S2/c1-2-27-16-9-7-15(8-10-16)23-20-21(24-19(28-20)18-4-3-13-29-18)30(25,26)17-11-5-14(22)6-12-17/h3-13,23H,2H2,1H3. The number of aromatic nitrogens is 1. The smallest absolute Gasteiger partial charge is 0.240 e. The summed E-state index contributed by atoms with van der Waals surface area (Å²) < 4.78 is 50.8. The van der Waals surface area contributed by atoms with Gasteiger partial charge in [-0.05, 0) is 66.9 Å². The van der Waals surface area contributed by atoms with Crippen LogP contribution in [-0.4, -0.2) is 20.0 Å². The zero-order chi connectivity index (χ0) is 21.1. The molecule has 2 aromatic heterocycles. The molecule has 0 aliphatic carbocycles. The van der Waals surface area contributed by atoms with E-state index < -0.39 is 15.7 Å². The fourth-order valence-electron chi connectivity index (χ4n) is 2.73. The van der Waals surface area contributed by atoms with Crippen LogP contribution in [0.3, 0.4) is 0 Å². The summed E-state index contributed by atoms with van der Waals surface area (Å²) in [5, 5.41) is 4.55. The van der Waals surface area contributed by atoms with Gasteiger partial charge >= 0.3 is 0 Å². The molecule has 0 amide bonds. The van der Waals surface area contributed by atoms with E-state index >= 15 is 0 Å². The number of nitrogens with one attached hydrogen (secondary N) is 1. The van der Waals surface area contributed by atoms with Gasteiger partial charge in [0.25, 0.3) is 0 Å². The van der Waals surface area contributed by atoms with Crippen LogP contribution in [0.1, 0.15) is 6.92 Å². The molecule has 154 valence electrons. The predicted molar refractivity (Wildman–Crippen MR) is 113 cm³/mol. The number of thiophene rings is 1. The summed E-state index contributed by atoms with van der Waals surface area (Å²) in [6.45, 7) is 2.43. The Bertz CT molecular complexity index is 1230. The molecule has 0 bridgehead atoms. The number of ether oxygens (including phenoxy) is 1. The van der Waals surface area contributed by atoms with E-state index in [0.717, 1.165) is 12.1 Å². The van der Waals surface area contributed by atoms with Crippen molar-refractivity contribution in [2.24, 2.45) is 0 Å². The SMILES string of the molecule is CCOc1ccc(Nc2oc(-c3cccs3)nc2S(=O)(=O)c2ccc(F)cc2)cc1. The molecule has 2 aromatic carbocycles. The predicted octanol–water partition coefficient (Wildman–Crippen LogP) is 5.52. The van der Waals surface area contributed by atoms with E-state index in [-0.39, 0.29) is 21.7 Å². The minimum absolute atomic E-state index is 0.0214. The van der Waals surface area contributed by atoms with Gasteiger partial charge in [-0.2, -0.15) is 4.98 Å². The van der Waals surface area contributed by atoms with E-state index in [0.29, 0.717) is 22.9 Å². The maximum absolute atomic E-state index is 13.3. The summed E-state index contributed by atoms with van der Waals surface area (Å²) in [6.07, 6.45) is 0. The lowest BCUT2D eigenvalue weighted by Gasteiger charge is -2.07. The summed E-state index contributed by atoms with van der Waals surface area (Å²) in [6, 6.07) is 15.2. The summed E-state index contributed by atoms with van der Waals surface area (Å²) in [5.41, 5.74) is 0.600. The third-order valence-corrected chi connectivity index (χ3v) is 6.67. The molecule has 0 aliphatic heterocycles. The van der Waals surface area contributed by atoms with Crippen LogP contribution in [0.25, 0.3) is 10.8 Å². The highest BCUT2D eigenvalue weighted by Gasteiger charge is 2.29. The van der Waals surface area contributed by atoms with Gasteiger partial charge in [0.2, 0.25) is 26.6 Å². The van der Waals surface area contributed by atoms with Crippen molar-refractivity contribution in [3.63, 3.8) is 0 Å².